The molecule has 0 fully saturated rings. The zero-order chi connectivity index (χ0) is 32.8. The van der Waals surface area contributed by atoms with Crippen LogP contribution in [0.1, 0.15) is 25.7 Å². The lowest BCUT2D eigenvalue weighted by Crippen LogP contribution is -2.30. The molecule has 4 aromatic carbocycles. The molecule has 2 unspecified atom stereocenters. The largest absolute Gasteiger partial charge is 0.355 e. The van der Waals surface area contributed by atoms with E-state index in [4.69, 9.17) is 8.74 Å². The molecule has 0 aromatic heterocycles. The van der Waals surface area contributed by atoms with Crippen molar-refractivity contribution in [3.63, 3.8) is 0 Å². The fourth-order valence-corrected chi connectivity index (χ4v) is 9.10. The molecule has 6 rings (SSSR count). The van der Waals surface area contributed by atoms with E-state index in [1.54, 1.807) is 23.5 Å². The van der Waals surface area contributed by atoms with Crippen LogP contribution in [0.25, 0.3) is 22.3 Å². The van der Waals surface area contributed by atoms with E-state index < -0.39 is 21.5 Å². The Balaban J connectivity index is 1.30. The summed E-state index contributed by atoms with van der Waals surface area (Å²) in [5, 5.41) is 1.07. The zero-order valence-corrected chi connectivity index (χ0v) is 28.9. The van der Waals surface area contributed by atoms with Crippen molar-refractivity contribution in [3.8, 4) is 22.3 Å². The van der Waals surface area contributed by atoms with E-state index >= 15 is 0 Å². The Morgan fingerprint density at radius 3 is 2.02 bits per heavy atom. The van der Waals surface area contributed by atoms with E-state index in [9.17, 15) is 17.2 Å². The molecule has 2 atom stereocenters. The Labute approximate surface area is 287 Å². The molecule has 0 saturated carbocycles. The van der Waals surface area contributed by atoms with Gasteiger partial charge in [-0.1, -0.05) is 96.3 Å². The second-order valence-electron chi connectivity index (χ2n) is 11.3. The molecule has 0 amide bonds. The van der Waals surface area contributed by atoms with Gasteiger partial charge in [0.15, 0.2) is 0 Å². The van der Waals surface area contributed by atoms with Crippen LogP contribution in [0.5, 0.6) is 0 Å². The molecule has 0 spiro atoms. The Hall–Kier alpha value is -3.10. The van der Waals surface area contributed by atoms with Crippen LogP contribution < -0.4 is 9.80 Å². The van der Waals surface area contributed by atoms with Crippen molar-refractivity contribution >= 4 is 56.4 Å². The van der Waals surface area contributed by atoms with E-state index in [0.717, 1.165) is 54.9 Å². The number of benzene rings is 4. The van der Waals surface area contributed by atoms with E-state index in [-0.39, 0.29) is 17.7 Å². The molecule has 2 N–H and O–H groups in total. The third-order valence-corrected chi connectivity index (χ3v) is 11.6. The van der Waals surface area contributed by atoms with Crippen molar-refractivity contribution in [3.05, 3.63) is 108 Å². The number of hydrogen-bond donors (Lipinski definition) is 2. The van der Waals surface area contributed by atoms with Crippen LogP contribution in [0.15, 0.2) is 118 Å². The lowest BCUT2D eigenvalue weighted by molar-refractivity contribution is 0.299. The highest BCUT2D eigenvalue weighted by Crippen LogP contribution is 2.51. The van der Waals surface area contributed by atoms with Crippen LogP contribution >= 0.6 is 23.5 Å². The quantitative estimate of drug-likeness (QED) is 0.0755. The first-order valence-electron chi connectivity index (χ1n) is 15.4. The van der Waals surface area contributed by atoms with Gasteiger partial charge in [-0.2, -0.15) is 12.6 Å². The van der Waals surface area contributed by atoms with Gasteiger partial charge in [-0.15, -0.1) is 0 Å². The van der Waals surface area contributed by atoms with E-state index in [1.165, 1.54) is 0 Å². The third kappa shape index (κ3) is 8.69. The lowest BCUT2D eigenvalue weighted by Gasteiger charge is -2.27. The SMILES string of the molecule is O=S(O)OCCCCN1/C(=C/C2Sc3ccc(-c4ccccc4)cc3N2CCCCS(=O)(=O)O)Sc2ccc(-c3ccccc3)cc21. The average Bonchev–Trinajstić information content (AvgIpc) is 3.59. The molecule has 2 heterocycles. The van der Waals surface area contributed by atoms with Gasteiger partial charge in [0.25, 0.3) is 10.1 Å². The van der Waals surface area contributed by atoms with Crippen LogP contribution in [0.4, 0.5) is 11.4 Å². The summed E-state index contributed by atoms with van der Waals surface area (Å²) in [5.41, 5.74) is 6.75. The van der Waals surface area contributed by atoms with Gasteiger partial charge < -0.3 is 9.80 Å². The average molecular weight is 709 g/mol. The highest BCUT2D eigenvalue weighted by atomic mass is 32.2. The Bertz CT molecular complexity index is 1850. The van der Waals surface area contributed by atoms with Crippen molar-refractivity contribution in [1.82, 2.24) is 0 Å². The standard InChI is InChI=1S/C35H36N2O6S4/c38-46(39)43-21-9-7-19-36-30-23-28(26-11-3-1-4-12-26)15-17-32(30)44-34(36)25-35-37(20-8-10-22-47(40,41)42)31-24-29(16-18-33(31)45-35)27-13-5-2-6-14-27/h1-6,11-18,23-25,35H,7-10,19-22H2,(H,38,39)(H,40,41,42)/b34-25-. The van der Waals surface area contributed by atoms with Crippen molar-refractivity contribution in [2.75, 3.05) is 35.2 Å². The molecule has 12 heteroatoms. The second kappa shape index (κ2) is 15.4. The van der Waals surface area contributed by atoms with Crippen LogP contribution in [-0.2, 0) is 25.7 Å². The van der Waals surface area contributed by atoms with E-state index in [2.05, 4.69) is 76.5 Å². The maximum Gasteiger partial charge on any atom is 0.301 e. The van der Waals surface area contributed by atoms with E-state index in [0.29, 0.717) is 32.4 Å². The molecule has 246 valence electrons. The van der Waals surface area contributed by atoms with Crippen molar-refractivity contribution in [1.29, 1.82) is 0 Å². The lowest BCUT2D eigenvalue weighted by atomic mass is 10.0. The topological polar surface area (TPSA) is 107 Å². The zero-order valence-electron chi connectivity index (χ0n) is 25.6. The highest BCUT2D eigenvalue weighted by molar-refractivity contribution is 8.04. The molecule has 0 bridgehead atoms. The first kappa shape index (κ1) is 33.8. The summed E-state index contributed by atoms with van der Waals surface area (Å²) in [6.45, 7) is 1.55. The number of thioether (sulfide) groups is 2. The summed E-state index contributed by atoms with van der Waals surface area (Å²) in [4.78, 5) is 6.99. The van der Waals surface area contributed by atoms with Gasteiger partial charge in [0.05, 0.1) is 28.8 Å². The minimum absolute atomic E-state index is 0.0326. The maximum absolute atomic E-state index is 11.4. The smallest absolute Gasteiger partial charge is 0.301 e. The summed E-state index contributed by atoms with van der Waals surface area (Å²) in [6.07, 6.45) is 4.68. The molecule has 47 heavy (non-hydrogen) atoms. The minimum Gasteiger partial charge on any atom is -0.355 e. The number of hydrogen-bond acceptors (Lipinski definition) is 8. The van der Waals surface area contributed by atoms with Crippen molar-refractivity contribution < 1.29 is 25.9 Å². The van der Waals surface area contributed by atoms with Crippen LogP contribution in [-0.4, -0.2) is 52.6 Å². The van der Waals surface area contributed by atoms with Crippen molar-refractivity contribution in [2.24, 2.45) is 0 Å². The third-order valence-electron chi connectivity index (χ3n) is 8.06. The van der Waals surface area contributed by atoms with Gasteiger partial charge in [0.2, 0.25) is 0 Å². The molecule has 0 aliphatic carbocycles. The molecule has 2 aliphatic rings. The minimum atomic E-state index is -4.02. The van der Waals surface area contributed by atoms with Crippen molar-refractivity contribution in [2.45, 2.75) is 40.8 Å². The predicted octanol–water partition coefficient (Wildman–Crippen LogP) is 8.31. The van der Waals surface area contributed by atoms with Gasteiger partial charge in [-0.3, -0.25) is 13.3 Å². The number of rotatable bonds is 14. The van der Waals surface area contributed by atoms with Gasteiger partial charge >= 0.3 is 11.4 Å². The number of anilines is 2. The van der Waals surface area contributed by atoms with Crippen LogP contribution in [0.3, 0.4) is 0 Å². The molecule has 2 aliphatic heterocycles. The first-order valence-corrected chi connectivity index (χ1v) is 19.8. The van der Waals surface area contributed by atoms with Gasteiger partial charge in [-0.05, 0) is 78.3 Å². The Morgan fingerprint density at radius 2 is 1.38 bits per heavy atom. The summed E-state index contributed by atoms with van der Waals surface area (Å²) in [5.74, 6) is -0.257. The summed E-state index contributed by atoms with van der Waals surface area (Å²) in [7, 11) is -4.02. The normalized spacial score (nSPS) is 17.2. The number of unbranched alkanes of at least 4 members (excludes halogenated alkanes) is 2. The highest BCUT2D eigenvalue weighted by Gasteiger charge is 2.33. The second-order valence-corrected chi connectivity index (χ2v) is 15.8. The van der Waals surface area contributed by atoms with Gasteiger partial charge in [0, 0.05) is 22.9 Å². The molecule has 8 nitrogen and oxygen atoms in total. The molecule has 0 saturated heterocycles. The molecule has 0 radical (unpaired) electrons. The maximum atomic E-state index is 11.4. The number of fused-ring (bicyclic) bond motifs is 2. The Morgan fingerprint density at radius 1 is 0.766 bits per heavy atom. The van der Waals surface area contributed by atoms with Gasteiger partial charge in [0.1, 0.15) is 5.37 Å². The monoisotopic (exact) mass is 708 g/mol. The summed E-state index contributed by atoms with van der Waals surface area (Å²) >= 11 is 1.23. The molecule has 4 aromatic rings. The molecular formula is C35H36N2O6S4. The predicted molar refractivity (Wildman–Crippen MR) is 194 cm³/mol. The first-order chi connectivity index (χ1) is 22.7. The van der Waals surface area contributed by atoms with Gasteiger partial charge in [-0.25, -0.2) is 0 Å². The summed E-state index contributed by atoms with van der Waals surface area (Å²) < 4.78 is 57.0. The summed E-state index contributed by atoms with van der Waals surface area (Å²) in [6, 6.07) is 33.6. The van der Waals surface area contributed by atoms with Crippen LogP contribution in [0, 0.1) is 0 Å². The Kier molecular flexibility index (Phi) is 11.1. The fourth-order valence-electron chi connectivity index (χ4n) is 5.81. The fraction of sp³-hybridized carbons (Fsp3) is 0.257. The number of nitrogens with zero attached hydrogens (tertiary/aromatic N) is 2. The van der Waals surface area contributed by atoms with Crippen LogP contribution in [0.2, 0.25) is 0 Å². The molecular weight excluding hydrogens is 673 g/mol. The van der Waals surface area contributed by atoms with E-state index in [1.807, 2.05) is 36.4 Å².